The van der Waals surface area contributed by atoms with Crippen molar-refractivity contribution >= 4 is 29.3 Å². The molecule has 0 radical (unpaired) electrons. The van der Waals surface area contributed by atoms with Gasteiger partial charge in [0.25, 0.3) is 0 Å². The Morgan fingerprint density at radius 1 is 1.43 bits per heavy atom. The molecule has 8 heteroatoms. The summed E-state index contributed by atoms with van der Waals surface area (Å²) in [4.78, 5) is 11.3. The zero-order chi connectivity index (χ0) is 16.8. The number of halogens is 1. The molecule has 0 fully saturated rings. The summed E-state index contributed by atoms with van der Waals surface area (Å²) in [6.07, 6.45) is 1.73. The van der Waals surface area contributed by atoms with Crippen molar-refractivity contribution in [2.75, 3.05) is 20.0 Å². The van der Waals surface area contributed by atoms with Crippen LogP contribution in [-0.4, -0.2) is 40.7 Å². The van der Waals surface area contributed by atoms with Crippen molar-refractivity contribution in [1.29, 1.82) is 0 Å². The average molecular weight is 354 g/mol. The number of esters is 1. The minimum Gasteiger partial charge on any atom is -0.496 e. The molecule has 1 heterocycles. The van der Waals surface area contributed by atoms with Crippen LogP contribution >= 0.6 is 23.4 Å². The van der Waals surface area contributed by atoms with Crippen LogP contribution in [0.5, 0.6) is 5.75 Å². The molecule has 0 amide bonds. The molecule has 0 atom stereocenters. The molecule has 122 valence electrons. The van der Waals surface area contributed by atoms with Crippen LogP contribution in [0.15, 0.2) is 36.0 Å². The molecule has 1 aromatic heterocycles. The minimum absolute atomic E-state index is 0.151. The van der Waals surface area contributed by atoms with E-state index in [4.69, 9.17) is 16.3 Å². The molecule has 0 aliphatic heterocycles. The fourth-order valence-electron chi connectivity index (χ4n) is 1.93. The van der Waals surface area contributed by atoms with Gasteiger partial charge in [0, 0.05) is 11.6 Å². The third-order valence-electron chi connectivity index (χ3n) is 2.98. The van der Waals surface area contributed by atoms with E-state index in [1.807, 2.05) is 4.57 Å². The SMILES string of the molecule is C=CCn1c(SCC(=O)OC)nnc1-c1cc(Cl)ccc1OC. The standard InChI is InChI=1S/C15H16ClN3O3S/c1-4-7-19-14(11-8-10(16)5-6-12(11)21-2)17-18-15(19)23-9-13(20)22-3/h4-6,8H,1,7,9H2,2-3H3. The second-order valence-electron chi connectivity index (χ2n) is 4.41. The van der Waals surface area contributed by atoms with Crippen molar-refractivity contribution in [1.82, 2.24) is 14.8 Å². The Hall–Kier alpha value is -1.99. The smallest absolute Gasteiger partial charge is 0.316 e. The lowest BCUT2D eigenvalue weighted by molar-refractivity contribution is -0.137. The lowest BCUT2D eigenvalue weighted by atomic mass is 10.2. The van der Waals surface area contributed by atoms with E-state index in [2.05, 4.69) is 21.5 Å². The molecule has 2 rings (SSSR count). The van der Waals surface area contributed by atoms with Crippen molar-refractivity contribution in [3.63, 3.8) is 0 Å². The van der Waals surface area contributed by atoms with Crippen LogP contribution in [0.1, 0.15) is 0 Å². The number of carbonyl (C=O) groups excluding carboxylic acids is 1. The summed E-state index contributed by atoms with van der Waals surface area (Å²) in [5.41, 5.74) is 0.722. The van der Waals surface area contributed by atoms with Crippen LogP contribution in [0.4, 0.5) is 0 Å². The number of rotatable bonds is 7. The molecule has 0 unspecified atom stereocenters. The second kappa shape index (κ2) is 8.03. The van der Waals surface area contributed by atoms with Gasteiger partial charge in [-0.3, -0.25) is 9.36 Å². The lowest BCUT2D eigenvalue weighted by Gasteiger charge is -2.11. The van der Waals surface area contributed by atoms with Crippen molar-refractivity contribution in [2.45, 2.75) is 11.7 Å². The fraction of sp³-hybridized carbons (Fsp3) is 0.267. The maximum absolute atomic E-state index is 11.3. The quantitative estimate of drug-likeness (QED) is 0.433. The number of carbonyl (C=O) groups is 1. The number of nitrogens with zero attached hydrogens (tertiary/aromatic N) is 3. The van der Waals surface area contributed by atoms with Gasteiger partial charge in [0.1, 0.15) is 5.75 Å². The van der Waals surface area contributed by atoms with Crippen LogP contribution in [0.2, 0.25) is 5.02 Å². The van der Waals surface area contributed by atoms with E-state index in [0.717, 1.165) is 5.56 Å². The van der Waals surface area contributed by atoms with Gasteiger partial charge in [0.15, 0.2) is 11.0 Å². The number of hydrogen-bond donors (Lipinski definition) is 0. The Labute approximate surface area is 143 Å². The molecule has 2 aromatic rings. The Bertz CT molecular complexity index is 718. The number of benzene rings is 1. The van der Waals surface area contributed by atoms with Crippen LogP contribution < -0.4 is 4.74 Å². The van der Waals surface area contributed by atoms with Gasteiger partial charge >= 0.3 is 5.97 Å². The second-order valence-corrected chi connectivity index (χ2v) is 5.79. The minimum atomic E-state index is -0.329. The van der Waals surface area contributed by atoms with Gasteiger partial charge in [-0.15, -0.1) is 16.8 Å². The monoisotopic (exact) mass is 353 g/mol. The first-order valence-corrected chi connectivity index (χ1v) is 8.04. The summed E-state index contributed by atoms with van der Waals surface area (Å²) in [6, 6.07) is 5.27. The largest absolute Gasteiger partial charge is 0.496 e. The Morgan fingerprint density at radius 3 is 2.87 bits per heavy atom. The molecule has 23 heavy (non-hydrogen) atoms. The molecule has 6 nitrogen and oxygen atoms in total. The van der Waals surface area contributed by atoms with Crippen molar-refractivity contribution in [3.05, 3.63) is 35.9 Å². The van der Waals surface area contributed by atoms with Crippen LogP contribution in [-0.2, 0) is 16.1 Å². The number of allylic oxidation sites excluding steroid dienone is 1. The first-order valence-electron chi connectivity index (χ1n) is 6.68. The lowest BCUT2D eigenvalue weighted by Crippen LogP contribution is -2.06. The van der Waals surface area contributed by atoms with Gasteiger partial charge < -0.3 is 9.47 Å². The summed E-state index contributed by atoms with van der Waals surface area (Å²) in [5, 5.41) is 9.51. The van der Waals surface area contributed by atoms with E-state index in [0.29, 0.717) is 28.3 Å². The molecule has 0 aliphatic rings. The highest BCUT2D eigenvalue weighted by atomic mass is 35.5. The maximum Gasteiger partial charge on any atom is 0.316 e. The maximum atomic E-state index is 11.3. The highest BCUT2D eigenvalue weighted by Gasteiger charge is 2.18. The molecule has 0 saturated carbocycles. The molecule has 1 aromatic carbocycles. The Kier molecular flexibility index (Phi) is 6.06. The number of methoxy groups -OCH3 is 2. The van der Waals surface area contributed by atoms with Gasteiger partial charge in [0.05, 0.1) is 25.5 Å². The van der Waals surface area contributed by atoms with Gasteiger partial charge in [-0.05, 0) is 18.2 Å². The third kappa shape index (κ3) is 4.05. The molecule has 0 aliphatic carbocycles. The van der Waals surface area contributed by atoms with Gasteiger partial charge in [-0.1, -0.05) is 29.4 Å². The molecule has 0 N–H and O–H groups in total. The van der Waals surface area contributed by atoms with E-state index in [1.54, 1.807) is 31.4 Å². The van der Waals surface area contributed by atoms with E-state index >= 15 is 0 Å². The predicted octanol–water partition coefficient (Wildman–Crippen LogP) is 3.06. The highest BCUT2D eigenvalue weighted by Crippen LogP contribution is 2.33. The van der Waals surface area contributed by atoms with E-state index in [9.17, 15) is 4.79 Å². The number of aromatic nitrogens is 3. The van der Waals surface area contributed by atoms with Gasteiger partial charge in [0.2, 0.25) is 0 Å². The first-order chi connectivity index (χ1) is 11.1. The van der Waals surface area contributed by atoms with E-state index < -0.39 is 0 Å². The highest BCUT2D eigenvalue weighted by molar-refractivity contribution is 7.99. The molecular formula is C15H16ClN3O3S. The average Bonchev–Trinajstić information content (AvgIpc) is 2.95. The van der Waals surface area contributed by atoms with Crippen molar-refractivity contribution < 1.29 is 14.3 Å². The van der Waals surface area contributed by atoms with Crippen molar-refractivity contribution in [3.8, 4) is 17.1 Å². The Morgan fingerprint density at radius 2 is 2.22 bits per heavy atom. The summed E-state index contributed by atoms with van der Waals surface area (Å²) in [6.45, 7) is 4.24. The zero-order valence-corrected chi connectivity index (χ0v) is 14.4. The number of thioether (sulfide) groups is 1. The predicted molar refractivity (Wildman–Crippen MR) is 90.0 cm³/mol. The number of ether oxygens (including phenoxy) is 2. The Balaban J connectivity index is 2.43. The first kappa shape index (κ1) is 17.4. The van der Waals surface area contributed by atoms with Gasteiger partial charge in [-0.25, -0.2) is 0 Å². The topological polar surface area (TPSA) is 66.2 Å². The van der Waals surface area contributed by atoms with Crippen LogP contribution in [0, 0.1) is 0 Å². The third-order valence-corrected chi connectivity index (χ3v) is 4.15. The van der Waals surface area contributed by atoms with E-state index in [-0.39, 0.29) is 11.7 Å². The molecule has 0 spiro atoms. The summed E-state index contributed by atoms with van der Waals surface area (Å²) in [5.74, 6) is 1.05. The van der Waals surface area contributed by atoms with E-state index in [1.165, 1.54) is 18.9 Å². The summed E-state index contributed by atoms with van der Waals surface area (Å²) >= 11 is 7.33. The molecule has 0 saturated heterocycles. The zero-order valence-electron chi connectivity index (χ0n) is 12.8. The van der Waals surface area contributed by atoms with Crippen LogP contribution in [0.3, 0.4) is 0 Å². The summed E-state index contributed by atoms with van der Waals surface area (Å²) < 4.78 is 11.8. The summed E-state index contributed by atoms with van der Waals surface area (Å²) in [7, 11) is 2.92. The fourth-order valence-corrected chi connectivity index (χ4v) is 2.88. The molecular weight excluding hydrogens is 338 g/mol. The number of hydrogen-bond acceptors (Lipinski definition) is 6. The van der Waals surface area contributed by atoms with Crippen molar-refractivity contribution in [2.24, 2.45) is 0 Å². The van der Waals surface area contributed by atoms with Crippen LogP contribution in [0.25, 0.3) is 11.4 Å². The van der Waals surface area contributed by atoms with Gasteiger partial charge in [-0.2, -0.15) is 0 Å². The molecule has 0 bridgehead atoms. The normalized spacial score (nSPS) is 10.4.